The standard InChI is InChI=1S/C22H29N5O3/c1-4-26(17-5-7-18(30-3)8-6-17)12-10-20(28)27-11-9-16(14-27)22-24-13-19(21(23)29)15(2)25-22/h5-8,13,16H,4,9-12,14H2,1-3H3,(H2,23,29)/t16-/m0/s1. The summed E-state index contributed by atoms with van der Waals surface area (Å²) >= 11 is 0. The van der Waals surface area contributed by atoms with Gasteiger partial charge in [0.25, 0.3) is 5.91 Å². The number of aromatic nitrogens is 2. The molecule has 1 aliphatic rings. The summed E-state index contributed by atoms with van der Waals surface area (Å²) in [5, 5.41) is 0. The van der Waals surface area contributed by atoms with Crippen molar-refractivity contribution in [2.75, 3.05) is 38.2 Å². The highest BCUT2D eigenvalue weighted by molar-refractivity contribution is 5.93. The molecule has 0 bridgehead atoms. The van der Waals surface area contributed by atoms with E-state index in [2.05, 4.69) is 21.8 Å². The maximum Gasteiger partial charge on any atom is 0.252 e. The number of carbonyl (C=O) groups excluding carboxylic acids is 2. The summed E-state index contributed by atoms with van der Waals surface area (Å²) in [6.45, 7) is 6.60. The monoisotopic (exact) mass is 411 g/mol. The van der Waals surface area contributed by atoms with Gasteiger partial charge in [-0.1, -0.05) is 0 Å². The molecule has 0 aliphatic carbocycles. The normalized spacial score (nSPS) is 15.8. The van der Waals surface area contributed by atoms with Gasteiger partial charge in [-0.15, -0.1) is 0 Å². The fourth-order valence-corrected chi connectivity index (χ4v) is 3.77. The number of carbonyl (C=O) groups is 2. The average Bonchev–Trinajstić information content (AvgIpc) is 3.24. The third kappa shape index (κ3) is 4.87. The molecule has 2 aromatic rings. The number of aryl methyl sites for hydroxylation is 1. The number of methoxy groups -OCH3 is 1. The summed E-state index contributed by atoms with van der Waals surface area (Å²) in [6.07, 6.45) is 2.75. The van der Waals surface area contributed by atoms with Crippen LogP contribution >= 0.6 is 0 Å². The predicted molar refractivity (Wildman–Crippen MR) is 115 cm³/mol. The summed E-state index contributed by atoms with van der Waals surface area (Å²) in [4.78, 5) is 36.9. The Morgan fingerprint density at radius 3 is 2.63 bits per heavy atom. The third-order valence-corrected chi connectivity index (χ3v) is 5.58. The largest absolute Gasteiger partial charge is 0.497 e. The quantitative estimate of drug-likeness (QED) is 0.714. The zero-order chi connectivity index (χ0) is 21.7. The van der Waals surface area contributed by atoms with Gasteiger partial charge in [-0.25, -0.2) is 9.97 Å². The van der Waals surface area contributed by atoms with Crippen LogP contribution in [0.5, 0.6) is 5.75 Å². The molecule has 2 amide bonds. The first kappa shape index (κ1) is 21.5. The second-order valence-electron chi connectivity index (χ2n) is 7.44. The molecular weight excluding hydrogens is 382 g/mol. The van der Waals surface area contributed by atoms with Gasteiger partial charge in [0, 0.05) is 50.4 Å². The highest BCUT2D eigenvalue weighted by atomic mass is 16.5. The van der Waals surface area contributed by atoms with Gasteiger partial charge < -0.3 is 20.3 Å². The first-order valence-corrected chi connectivity index (χ1v) is 10.2. The number of anilines is 1. The molecule has 8 heteroatoms. The Balaban J connectivity index is 1.56. The molecule has 0 radical (unpaired) electrons. The second-order valence-corrected chi connectivity index (χ2v) is 7.44. The molecule has 1 aromatic heterocycles. The fourth-order valence-electron chi connectivity index (χ4n) is 3.77. The van der Waals surface area contributed by atoms with Crippen molar-refractivity contribution in [1.29, 1.82) is 0 Å². The first-order chi connectivity index (χ1) is 14.4. The minimum atomic E-state index is -0.528. The molecular formula is C22H29N5O3. The Kier molecular flexibility index (Phi) is 6.87. The average molecular weight is 412 g/mol. The van der Waals surface area contributed by atoms with Crippen LogP contribution < -0.4 is 15.4 Å². The molecule has 2 N–H and O–H groups in total. The maximum atomic E-state index is 12.8. The molecule has 0 saturated carbocycles. The molecule has 8 nitrogen and oxygen atoms in total. The van der Waals surface area contributed by atoms with Crippen LogP contribution in [0.15, 0.2) is 30.5 Å². The number of nitrogens with zero attached hydrogens (tertiary/aromatic N) is 4. The number of hydrogen-bond donors (Lipinski definition) is 1. The Morgan fingerprint density at radius 1 is 1.30 bits per heavy atom. The van der Waals surface area contributed by atoms with Crippen LogP contribution in [0.4, 0.5) is 5.69 Å². The number of amides is 2. The molecule has 30 heavy (non-hydrogen) atoms. The van der Waals surface area contributed by atoms with Crippen molar-refractivity contribution in [2.24, 2.45) is 5.73 Å². The molecule has 1 aromatic carbocycles. The van der Waals surface area contributed by atoms with E-state index in [4.69, 9.17) is 10.5 Å². The van der Waals surface area contributed by atoms with Crippen LogP contribution in [0.3, 0.4) is 0 Å². The van der Waals surface area contributed by atoms with Crippen LogP contribution in [0.25, 0.3) is 0 Å². The number of primary amides is 1. The van der Waals surface area contributed by atoms with Crippen molar-refractivity contribution in [3.05, 3.63) is 47.5 Å². The minimum absolute atomic E-state index is 0.0819. The van der Waals surface area contributed by atoms with Crippen molar-refractivity contribution < 1.29 is 14.3 Å². The van der Waals surface area contributed by atoms with E-state index < -0.39 is 5.91 Å². The lowest BCUT2D eigenvalue weighted by molar-refractivity contribution is -0.129. The van der Waals surface area contributed by atoms with Gasteiger partial charge in [0.1, 0.15) is 11.6 Å². The van der Waals surface area contributed by atoms with Crippen molar-refractivity contribution in [2.45, 2.75) is 32.6 Å². The number of benzene rings is 1. The number of ether oxygens (including phenoxy) is 1. The molecule has 1 aliphatic heterocycles. The molecule has 160 valence electrons. The van der Waals surface area contributed by atoms with E-state index in [9.17, 15) is 9.59 Å². The summed E-state index contributed by atoms with van der Waals surface area (Å²) in [7, 11) is 1.65. The molecule has 1 saturated heterocycles. The van der Waals surface area contributed by atoms with E-state index in [-0.39, 0.29) is 11.8 Å². The molecule has 3 rings (SSSR count). The summed E-state index contributed by atoms with van der Waals surface area (Å²) in [5.74, 6) is 1.17. The Bertz CT molecular complexity index is 900. The zero-order valence-corrected chi connectivity index (χ0v) is 17.8. The van der Waals surface area contributed by atoms with Crippen molar-refractivity contribution in [3.63, 3.8) is 0 Å². The van der Waals surface area contributed by atoms with E-state index in [0.717, 1.165) is 24.4 Å². The maximum absolute atomic E-state index is 12.8. The van der Waals surface area contributed by atoms with Crippen molar-refractivity contribution in [3.8, 4) is 5.75 Å². The minimum Gasteiger partial charge on any atom is -0.497 e. The Hall–Kier alpha value is -3.16. The fraction of sp³-hybridized carbons (Fsp3) is 0.455. The second kappa shape index (κ2) is 9.56. The van der Waals surface area contributed by atoms with Gasteiger partial charge in [0.15, 0.2) is 0 Å². The summed E-state index contributed by atoms with van der Waals surface area (Å²) in [5.41, 5.74) is 7.31. The molecule has 1 atom stereocenters. The van der Waals surface area contributed by atoms with Gasteiger partial charge in [0.2, 0.25) is 5.91 Å². The van der Waals surface area contributed by atoms with E-state index in [0.29, 0.717) is 43.1 Å². The van der Waals surface area contributed by atoms with Crippen molar-refractivity contribution in [1.82, 2.24) is 14.9 Å². The highest BCUT2D eigenvalue weighted by Gasteiger charge is 2.29. The van der Waals surface area contributed by atoms with Crippen LogP contribution in [-0.2, 0) is 4.79 Å². The Morgan fingerprint density at radius 2 is 2.03 bits per heavy atom. The lowest BCUT2D eigenvalue weighted by atomic mass is 10.1. The molecule has 1 fully saturated rings. The lowest BCUT2D eigenvalue weighted by Crippen LogP contribution is -2.33. The smallest absolute Gasteiger partial charge is 0.252 e. The molecule has 2 heterocycles. The third-order valence-electron chi connectivity index (χ3n) is 5.58. The van der Waals surface area contributed by atoms with E-state index >= 15 is 0 Å². The molecule has 0 unspecified atom stereocenters. The highest BCUT2D eigenvalue weighted by Crippen LogP contribution is 2.26. The predicted octanol–water partition coefficient (Wildman–Crippen LogP) is 2.13. The van der Waals surface area contributed by atoms with Gasteiger partial charge in [-0.3, -0.25) is 9.59 Å². The van der Waals surface area contributed by atoms with Gasteiger partial charge in [0.05, 0.1) is 18.4 Å². The van der Waals surface area contributed by atoms with E-state index in [1.807, 2.05) is 29.2 Å². The van der Waals surface area contributed by atoms with Gasteiger partial charge in [-0.2, -0.15) is 0 Å². The Labute approximate surface area is 177 Å². The first-order valence-electron chi connectivity index (χ1n) is 10.2. The SMILES string of the molecule is CCN(CCC(=O)N1CC[C@H](c2ncc(C(N)=O)c(C)n2)C1)c1ccc(OC)cc1. The van der Waals surface area contributed by atoms with E-state index in [1.165, 1.54) is 6.20 Å². The summed E-state index contributed by atoms with van der Waals surface area (Å²) < 4.78 is 5.21. The number of rotatable bonds is 8. The van der Waals surface area contributed by atoms with Gasteiger partial charge >= 0.3 is 0 Å². The topological polar surface area (TPSA) is 102 Å². The van der Waals surface area contributed by atoms with E-state index in [1.54, 1.807) is 14.0 Å². The van der Waals surface area contributed by atoms with Crippen LogP contribution in [0.2, 0.25) is 0 Å². The molecule has 0 spiro atoms. The number of hydrogen-bond acceptors (Lipinski definition) is 6. The number of likely N-dealkylation sites (tertiary alicyclic amines) is 1. The number of nitrogens with two attached hydrogens (primary N) is 1. The van der Waals surface area contributed by atoms with Crippen LogP contribution in [0, 0.1) is 6.92 Å². The van der Waals surface area contributed by atoms with Gasteiger partial charge in [-0.05, 0) is 44.5 Å². The summed E-state index contributed by atoms with van der Waals surface area (Å²) in [6, 6.07) is 7.87. The van der Waals surface area contributed by atoms with Crippen LogP contribution in [-0.4, -0.2) is 60.0 Å². The zero-order valence-electron chi connectivity index (χ0n) is 17.8. The van der Waals surface area contributed by atoms with Crippen molar-refractivity contribution >= 4 is 17.5 Å². The van der Waals surface area contributed by atoms with Crippen LogP contribution in [0.1, 0.15) is 47.6 Å². The lowest BCUT2D eigenvalue weighted by Gasteiger charge is -2.24.